The van der Waals surface area contributed by atoms with Crippen LogP contribution in [0.2, 0.25) is 0 Å². The number of nitrogens with one attached hydrogen (secondary N) is 1. The first-order valence-corrected chi connectivity index (χ1v) is 9.24. The third-order valence-corrected chi connectivity index (χ3v) is 4.84. The summed E-state index contributed by atoms with van der Waals surface area (Å²) < 4.78 is 5.30. The summed E-state index contributed by atoms with van der Waals surface area (Å²) in [6.07, 6.45) is -0.620. The van der Waals surface area contributed by atoms with Crippen molar-refractivity contribution in [3.8, 4) is 5.75 Å². The van der Waals surface area contributed by atoms with Gasteiger partial charge in [0.1, 0.15) is 12.4 Å². The highest BCUT2D eigenvalue weighted by Gasteiger charge is 2.31. The van der Waals surface area contributed by atoms with Gasteiger partial charge in [-0.1, -0.05) is 30.3 Å². The van der Waals surface area contributed by atoms with Crippen LogP contribution in [-0.2, 0) is 11.3 Å². The van der Waals surface area contributed by atoms with Gasteiger partial charge < -0.3 is 25.2 Å². The lowest BCUT2D eigenvalue weighted by atomic mass is 9.94. The number of phenolic OH excluding ortho intramolecular Hbond substituents is 1. The minimum Gasteiger partial charge on any atom is -0.508 e. The molecule has 28 heavy (non-hydrogen) atoms. The van der Waals surface area contributed by atoms with Crippen LogP contribution in [0.3, 0.4) is 0 Å². The number of amides is 2. The Balaban J connectivity index is 1.43. The first kappa shape index (κ1) is 19.7. The first-order valence-electron chi connectivity index (χ1n) is 9.24. The normalized spacial score (nSPS) is 19.1. The summed E-state index contributed by atoms with van der Waals surface area (Å²) in [7, 11) is 0. The van der Waals surface area contributed by atoms with E-state index in [1.807, 2.05) is 30.3 Å². The summed E-state index contributed by atoms with van der Waals surface area (Å²) in [6.45, 7) is 1.14. The largest absolute Gasteiger partial charge is 0.508 e. The Hall–Kier alpha value is -3.06. The van der Waals surface area contributed by atoms with Crippen molar-refractivity contribution >= 4 is 12.0 Å². The number of carbonyl (C=O) groups excluding carboxylic acids is 2. The van der Waals surface area contributed by atoms with Crippen molar-refractivity contribution in [3.05, 3.63) is 65.7 Å². The number of aliphatic hydroxyl groups excluding tert-OH is 1. The molecule has 3 N–H and O–H groups in total. The number of hydrogen-bond donors (Lipinski definition) is 3. The van der Waals surface area contributed by atoms with Crippen molar-refractivity contribution in [2.75, 3.05) is 19.6 Å². The molecule has 1 aliphatic heterocycles. The molecule has 2 amide bonds. The number of carbonyl (C=O) groups is 2. The molecule has 7 nitrogen and oxygen atoms in total. The number of piperidine rings is 1. The average Bonchev–Trinajstić information content (AvgIpc) is 2.72. The molecule has 2 aromatic rings. The van der Waals surface area contributed by atoms with Gasteiger partial charge in [-0.15, -0.1) is 0 Å². The van der Waals surface area contributed by atoms with Crippen molar-refractivity contribution < 1.29 is 24.5 Å². The number of β-amino-alcohol motifs (C(OH)–C–C–N with tert-alkyl or cyclic N) is 1. The van der Waals surface area contributed by atoms with Gasteiger partial charge in [-0.05, 0) is 36.2 Å². The Kier molecular flexibility index (Phi) is 6.49. The van der Waals surface area contributed by atoms with E-state index in [-0.39, 0.29) is 30.7 Å². The molecule has 1 aliphatic rings. The highest BCUT2D eigenvalue weighted by Crippen LogP contribution is 2.19. The van der Waals surface area contributed by atoms with Crippen molar-refractivity contribution in [2.45, 2.75) is 19.1 Å². The Morgan fingerprint density at radius 1 is 1.11 bits per heavy atom. The second-order valence-corrected chi connectivity index (χ2v) is 6.86. The van der Waals surface area contributed by atoms with E-state index in [1.165, 1.54) is 29.2 Å². The second-order valence-electron chi connectivity index (χ2n) is 6.86. The SMILES string of the molecule is O=C(NCC1CCN(C(=O)OCc2ccccc2)CC1O)c1ccc(O)cc1. The minimum atomic E-state index is -0.738. The number of aromatic hydroxyl groups is 1. The van der Waals surface area contributed by atoms with E-state index < -0.39 is 12.2 Å². The topological polar surface area (TPSA) is 99.1 Å². The molecular weight excluding hydrogens is 360 g/mol. The van der Waals surface area contributed by atoms with Crippen LogP contribution < -0.4 is 5.32 Å². The minimum absolute atomic E-state index is 0.0958. The molecule has 1 saturated heterocycles. The molecule has 148 valence electrons. The molecule has 1 fully saturated rings. The van der Waals surface area contributed by atoms with Gasteiger partial charge in [-0.3, -0.25) is 4.79 Å². The van der Waals surface area contributed by atoms with E-state index in [4.69, 9.17) is 4.74 Å². The second kappa shape index (κ2) is 9.23. The predicted molar refractivity (Wildman–Crippen MR) is 103 cm³/mol. The van der Waals surface area contributed by atoms with Crippen LogP contribution in [-0.4, -0.2) is 52.9 Å². The number of aliphatic hydroxyl groups is 1. The van der Waals surface area contributed by atoms with Crippen LogP contribution in [0, 0.1) is 5.92 Å². The molecule has 7 heteroatoms. The number of nitrogens with zero attached hydrogens (tertiary/aromatic N) is 1. The van der Waals surface area contributed by atoms with Gasteiger partial charge in [-0.2, -0.15) is 0 Å². The highest BCUT2D eigenvalue weighted by molar-refractivity contribution is 5.94. The molecular formula is C21H24N2O5. The van der Waals surface area contributed by atoms with Crippen molar-refractivity contribution in [3.63, 3.8) is 0 Å². The summed E-state index contributed by atoms with van der Waals surface area (Å²) in [5, 5.41) is 22.4. The molecule has 0 aliphatic carbocycles. The first-order chi connectivity index (χ1) is 13.5. The lowest BCUT2D eigenvalue weighted by Gasteiger charge is -2.35. The van der Waals surface area contributed by atoms with Crippen molar-refractivity contribution in [2.24, 2.45) is 5.92 Å². The highest BCUT2D eigenvalue weighted by atomic mass is 16.6. The maximum absolute atomic E-state index is 12.2. The zero-order valence-corrected chi connectivity index (χ0v) is 15.5. The van der Waals surface area contributed by atoms with Crippen LogP contribution in [0.5, 0.6) is 5.75 Å². The Labute approximate surface area is 163 Å². The van der Waals surface area contributed by atoms with Gasteiger partial charge in [0.15, 0.2) is 0 Å². The van der Waals surface area contributed by atoms with E-state index in [0.29, 0.717) is 25.1 Å². The van der Waals surface area contributed by atoms with Crippen molar-refractivity contribution in [1.29, 1.82) is 0 Å². The van der Waals surface area contributed by atoms with E-state index in [2.05, 4.69) is 5.32 Å². The van der Waals surface area contributed by atoms with E-state index in [1.54, 1.807) is 0 Å². The molecule has 0 radical (unpaired) electrons. The number of hydrogen-bond acceptors (Lipinski definition) is 5. The quantitative estimate of drug-likeness (QED) is 0.734. The molecule has 1 heterocycles. The van der Waals surface area contributed by atoms with E-state index in [0.717, 1.165) is 5.56 Å². The smallest absolute Gasteiger partial charge is 0.410 e. The fourth-order valence-electron chi connectivity index (χ4n) is 3.13. The zero-order valence-electron chi connectivity index (χ0n) is 15.5. The number of benzene rings is 2. The molecule has 0 bridgehead atoms. The number of phenols is 1. The average molecular weight is 384 g/mol. The van der Waals surface area contributed by atoms with Crippen LogP contribution in [0.4, 0.5) is 4.79 Å². The standard InChI is InChI=1S/C21H24N2O5/c24-18-8-6-16(7-9-18)20(26)22-12-17-10-11-23(13-19(17)25)21(27)28-14-15-4-2-1-3-5-15/h1-9,17,19,24-25H,10-14H2,(H,22,26). The summed E-state index contributed by atoms with van der Waals surface area (Å²) >= 11 is 0. The van der Waals surface area contributed by atoms with Crippen LogP contribution in [0.1, 0.15) is 22.3 Å². The van der Waals surface area contributed by atoms with Crippen LogP contribution in [0.25, 0.3) is 0 Å². The van der Waals surface area contributed by atoms with Crippen LogP contribution >= 0.6 is 0 Å². The molecule has 0 saturated carbocycles. The fraction of sp³-hybridized carbons (Fsp3) is 0.333. The lowest BCUT2D eigenvalue weighted by molar-refractivity contribution is 0.0139. The van der Waals surface area contributed by atoms with Crippen LogP contribution in [0.15, 0.2) is 54.6 Å². The van der Waals surface area contributed by atoms with Gasteiger partial charge >= 0.3 is 6.09 Å². The van der Waals surface area contributed by atoms with E-state index in [9.17, 15) is 19.8 Å². The predicted octanol–water partition coefficient (Wildman–Crippen LogP) is 2.14. The van der Waals surface area contributed by atoms with Gasteiger partial charge in [-0.25, -0.2) is 4.79 Å². The molecule has 0 aromatic heterocycles. The molecule has 2 unspecified atom stereocenters. The molecule has 3 rings (SSSR count). The lowest BCUT2D eigenvalue weighted by Crippen LogP contribution is -2.49. The molecule has 2 atom stereocenters. The number of likely N-dealkylation sites (tertiary alicyclic amines) is 1. The Morgan fingerprint density at radius 2 is 1.82 bits per heavy atom. The number of rotatable bonds is 5. The maximum atomic E-state index is 12.2. The maximum Gasteiger partial charge on any atom is 0.410 e. The Morgan fingerprint density at radius 3 is 2.50 bits per heavy atom. The van der Waals surface area contributed by atoms with Gasteiger partial charge in [0, 0.05) is 24.6 Å². The summed E-state index contributed by atoms with van der Waals surface area (Å²) in [4.78, 5) is 25.8. The van der Waals surface area contributed by atoms with Gasteiger partial charge in [0.2, 0.25) is 0 Å². The third-order valence-electron chi connectivity index (χ3n) is 4.84. The summed E-state index contributed by atoms with van der Waals surface area (Å²) in [5.41, 5.74) is 1.34. The summed E-state index contributed by atoms with van der Waals surface area (Å²) in [6, 6.07) is 15.4. The van der Waals surface area contributed by atoms with Gasteiger partial charge in [0.05, 0.1) is 12.6 Å². The summed E-state index contributed by atoms with van der Waals surface area (Å²) in [5.74, 6) is -0.311. The zero-order chi connectivity index (χ0) is 19.9. The van der Waals surface area contributed by atoms with Crippen molar-refractivity contribution in [1.82, 2.24) is 10.2 Å². The molecule has 2 aromatic carbocycles. The fourth-order valence-corrected chi connectivity index (χ4v) is 3.13. The Bertz CT molecular complexity index is 794. The third kappa shape index (κ3) is 5.23. The van der Waals surface area contributed by atoms with Gasteiger partial charge in [0.25, 0.3) is 5.91 Å². The molecule has 0 spiro atoms. The van der Waals surface area contributed by atoms with E-state index >= 15 is 0 Å². The monoisotopic (exact) mass is 384 g/mol. The number of ether oxygens (including phenoxy) is 1.